The largest absolute Gasteiger partial charge is 0.368 e. The van der Waals surface area contributed by atoms with Gasteiger partial charge in [-0.25, -0.2) is 4.39 Å². The molecule has 0 spiro atoms. The quantitative estimate of drug-likeness (QED) is 0.831. The number of nitrogens with zero attached hydrogens (tertiary/aromatic N) is 2. The van der Waals surface area contributed by atoms with Crippen LogP contribution in [0.15, 0.2) is 24.3 Å². The first-order chi connectivity index (χ1) is 9.61. The van der Waals surface area contributed by atoms with Crippen LogP contribution in [0.4, 0.5) is 10.1 Å². The zero-order valence-electron chi connectivity index (χ0n) is 11.3. The van der Waals surface area contributed by atoms with Crippen LogP contribution < -0.4 is 10.6 Å². The van der Waals surface area contributed by atoms with Gasteiger partial charge in [0.15, 0.2) is 0 Å². The Morgan fingerprint density at radius 3 is 2.45 bits per heavy atom. The maximum absolute atomic E-state index is 12.9. The Morgan fingerprint density at radius 1 is 1.30 bits per heavy atom. The summed E-state index contributed by atoms with van der Waals surface area (Å²) in [4.78, 5) is 15.9. The second kappa shape index (κ2) is 6.40. The van der Waals surface area contributed by atoms with Gasteiger partial charge in [0.1, 0.15) is 5.82 Å². The van der Waals surface area contributed by atoms with Crippen LogP contribution in [0.5, 0.6) is 0 Å². The Hall–Kier alpha value is -2.06. The van der Waals surface area contributed by atoms with E-state index in [-0.39, 0.29) is 18.1 Å². The second-order valence-electron chi connectivity index (χ2n) is 4.80. The number of benzene rings is 1. The molecule has 0 bridgehead atoms. The Labute approximate surface area is 118 Å². The van der Waals surface area contributed by atoms with E-state index in [9.17, 15) is 9.18 Å². The topological polar surface area (TPSA) is 49.6 Å². The molecule has 1 aliphatic heterocycles. The van der Waals surface area contributed by atoms with Gasteiger partial charge in [-0.15, -0.1) is 12.3 Å². The minimum Gasteiger partial charge on any atom is -0.368 e. The minimum absolute atomic E-state index is 0.0956. The SMILES string of the molecule is C#CCC(N)C(=O)N1CCN(c2ccc(F)cc2)CC1. The molecule has 0 saturated carbocycles. The number of carbonyl (C=O) groups excluding carboxylic acids is 1. The van der Waals surface area contributed by atoms with Crippen LogP contribution in [-0.2, 0) is 4.79 Å². The van der Waals surface area contributed by atoms with Crippen LogP contribution in [-0.4, -0.2) is 43.0 Å². The number of halogens is 1. The van der Waals surface area contributed by atoms with Gasteiger partial charge in [-0.2, -0.15) is 0 Å². The number of amides is 1. The molecule has 1 heterocycles. The zero-order valence-corrected chi connectivity index (χ0v) is 11.3. The van der Waals surface area contributed by atoms with Gasteiger partial charge < -0.3 is 15.5 Å². The van der Waals surface area contributed by atoms with Gasteiger partial charge in [-0.05, 0) is 24.3 Å². The van der Waals surface area contributed by atoms with E-state index >= 15 is 0 Å². The third-order valence-corrected chi connectivity index (χ3v) is 3.44. The van der Waals surface area contributed by atoms with Gasteiger partial charge in [-0.1, -0.05) is 0 Å². The molecule has 0 radical (unpaired) electrons. The van der Waals surface area contributed by atoms with Gasteiger partial charge in [0.25, 0.3) is 0 Å². The lowest BCUT2D eigenvalue weighted by Crippen LogP contribution is -2.53. The summed E-state index contributed by atoms with van der Waals surface area (Å²) < 4.78 is 12.9. The fourth-order valence-electron chi connectivity index (χ4n) is 2.29. The van der Waals surface area contributed by atoms with Crippen molar-refractivity contribution in [3.8, 4) is 12.3 Å². The third kappa shape index (κ3) is 3.28. The first-order valence-corrected chi connectivity index (χ1v) is 6.60. The summed E-state index contributed by atoms with van der Waals surface area (Å²) in [6.07, 6.45) is 5.43. The lowest BCUT2D eigenvalue weighted by atomic mass is 10.1. The zero-order chi connectivity index (χ0) is 14.5. The predicted octanol–water partition coefficient (Wildman–Crippen LogP) is 0.825. The van der Waals surface area contributed by atoms with E-state index in [2.05, 4.69) is 10.8 Å². The van der Waals surface area contributed by atoms with E-state index in [1.54, 1.807) is 17.0 Å². The molecule has 2 rings (SSSR count). The summed E-state index contributed by atoms with van der Waals surface area (Å²) in [5.41, 5.74) is 6.70. The smallest absolute Gasteiger partial charge is 0.240 e. The highest BCUT2D eigenvalue weighted by Crippen LogP contribution is 2.17. The number of hydrogen-bond donors (Lipinski definition) is 1. The normalized spacial score (nSPS) is 16.6. The fourth-order valence-corrected chi connectivity index (χ4v) is 2.29. The molecule has 0 aliphatic carbocycles. The molecular weight excluding hydrogens is 257 g/mol. The highest BCUT2D eigenvalue weighted by atomic mass is 19.1. The standard InChI is InChI=1S/C15H18FN3O/c1-2-3-14(17)15(20)19-10-8-18(9-11-19)13-6-4-12(16)5-7-13/h1,4-7,14H,3,8-11,17H2. The first-order valence-electron chi connectivity index (χ1n) is 6.60. The average Bonchev–Trinajstić information content (AvgIpc) is 2.48. The molecule has 0 aromatic heterocycles. The van der Waals surface area contributed by atoms with Gasteiger partial charge in [0.2, 0.25) is 5.91 Å². The van der Waals surface area contributed by atoms with Crippen molar-refractivity contribution in [2.75, 3.05) is 31.1 Å². The molecule has 1 fully saturated rings. The van der Waals surface area contributed by atoms with Crippen LogP contribution in [0.25, 0.3) is 0 Å². The molecule has 1 unspecified atom stereocenters. The lowest BCUT2D eigenvalue weighted by molar-refractivity contribution is -0.132. The number of nitrogens with two attached hydrogens (primary N) is 1. The monoisotopic (exact) mass is 275 g/mol. The molecule has 4 nitrogen and oxygen atoms in total. The molecule has 1 atom stereocenters. The molecule has 5 heteroatoms. The van der Waals surface area contributed by atoms with Crippen molar-refractivity contribution in [1.29, 1.82) is 0 Å². The summed E-state index contributed by atoms with van der Waals surface area (Å²) in [7, 11) is 0. The van der Waals surface area contributed by atoms with E-state index in [4.69, 9.17) is 12.2 Å². The van der Waals surface area contributed by atoms with Gasteiger partial charge in [0.05, 0.1) is 6.04 Å². The molecule has 106 valence electrons. The van der Waals surface area contributed by atoms with E-state index in [1.807, 2.05) is 0 Å². The third-order valence-electron chi connectivity index (χ3n) is 3.44. The second-order valence-corrected chi connectivity index (χ2v) is 4.80. The minimum atomic E-state index is -0.614. The molecule has 1 aromatic rings. The predicted molar refractivity (Wildman–Crippen MR) is 76.6 cm³/mol. The van der Waals surface area contributed by atoms with Crippen molar-refractivity contribution in [1.82, 2.24) is 4.90 Å². The van der Waals surface area contributed by atoms with Crippen LogP contribution >= 0.6 is 0 Å². The van der Waals surface area contributed by atoms with Crippen LogP contribution in [0.3, 0.4) is 0 Å². The Bertz CT molecular complexity index is 501. The van der Waals surface area contributed by atoms with E-state index in [0.717, 1.165) is 5.69 Å². The molecule has 1 amide bonds. The average molecular weight is 275 g/mol. The van der Waals surface area contributed by atoms with Crippen molar-refractivity contribution < 1.29 is 9.18 Å². The van der Waals surface area contributed by atoms with Gasteiger partial charge in [0, 0.05) is 38.3 Å². The van der Waals surface area contributed by atoms with E-state index in [1.165, 1.54) is 12.1 Å². The molecule has 1 saturated heterocycles. The number of carbonyl (C=O) groups is 1. The number of rotatable bonds is 3. The summed E-state index contributed by atoms with van der Waals surface area (Å²) >= 11 is 0. The first kappa shape index (κ1) is 14.4. The summed E-state index contributed by atoms with van der Waals surface area (Å²) in [6.45, 7) is 2.63. The number of hydrogen-bond acceptors (Lipinski definition) is 3. The Morgan fingerprint density at radius 2 is 1.90 bits per heavy atom. The van der Waals surface area contributed by atoms with Gasteiger partial charge in [-0.3, -0.25) is 4.79 Å². The molecule has 1 aromatic carbocycles. The van der Waals surface area contributed by atoms with Gasteiger partial charge >= 0.3 is 0 Å². The number of terminal acetylenes is 1. The molecule has 2 N–H and O–H groups in total. The summed E-state index contributed by atoms with van der Waals surface area (Å²) in [5, 5.41) is 0. The van der Waals surface area contributed by atoms with Crippen molar-refractivity contribution >= 4 is 11.6 Å². The molecule has 20 heavy (non-hydrogen) atoms. The highest BCUT2D eigenvalue weighted by molar-refractivity contribution is 5.82. The molecule has 1 aliphatic rings. The Balaban J connectivity index is 1.91. The maximum atomic E-state index is 12.9. The van der Waals surface area contributed by atoms with E-state index in [0.29, 0.717) is 26.2 Å². The highest BCUT2D eigenvalue weighted by Gasteiger charge is 2.24. The van der Waals surface area contributed by atoms with Crippen molar-refractivity contribution in [2.45, 2.75) is 12.5 Å². The van der Waals surface area contributed by atoms with Crippen molar-refractivity contribution in [3.63, 3.8) is 0 Å². The molecular formula is C15H18FN3O. The lowest BCUT2D eigenvalue weighted by Gasteiger charge is -2.37. The van der Waals surface area contributed by atoms with E-state index < -0.39 is 6.04 Å². The van der Waals surface area contributed by atoms with Crippen LogP contribution in [0.2, 0.25) is 0 Å². The van der Waals surface area contributed by atoms with Crippen LogP contribution in [0, 0.1) is 18.2 Å². The summed E-state index contributed by atoms with van der Waals surface area (Å²) in [6, 6.07) is 5.76. The van der Waals surface area contributed by atoms with Crippen molar-refractivity contribution in [3.05, 3.63) is 30.1 Å². The van der Waals surface area contributed by atoms with Crippen molar-refractivity contribution in [2.24, 2.45) is 5.73 Å². The maximum Gasteiger partial charge on any atom is 0.240 e. The Kier molecular flexibility index (Phi) is 4.59. The summed E-state index contributed by atoms with van der Waals surface area (Å²) in [5.74, 6) is 2.07. The number of piperazine rings is 1. The van der Waals surface area contributed by atoms with Crippen LogP contribution in [0.1, 0.15) is 6.42 Å². The fraction of sp³-hybridized carbons (Fsp3) is 0.400. The number of anilines is 1.